The van der Waals surface area contributed by atoms with E-state index in [0.29, 0.717) is 6.04 Å². The van der Waals surface area contributed by atoms with Crippen LogP contribution in [0.2, 0.25) is 0 Å². The minimum absolute atomic E-state index is 0.0979. The molecule has 17 heavy (non-hydrogen) atoms. The fourth-order valence-electron chi connectivity index (χ4n) is 2.44. The summed E-state index contributed by atoms with van der Waals surface area (Å²) in [5, 5.41) is 3.54. The first kappa shape index (κ1) is 12.4. The van der Waals surface area contributed by atoms with Crippen LogP contribution >= 0.6 is 0 Å². The maximum Gasteiger partial charge on any atom is 0.119 e. The van der Waals surface area contributed by atoms with E-state index in [2.05, 4.69) is 11.4 Å². The van der Waals surface area contributed by atoms with Crippen LogP contribution in [0.3, 0.4) is 0 Å². The second-order valence-electron chi connectivity index (χ2n) is 4.77. The maximum absolute atomic E-state index is 6.25. The number of ether oxygens (including phenoxy) is 1. The molecular formula is C14H22N2O. The van der Waals surface area contributed by atoms with Crippen LogP contribution in [0.15, 0.2) is 24.3 Å². The minimum Gasteiger partial charge on any atom is -0.497 e. The molecule has 1 aliphatic rings. The van der Waals surface area contributed by atoms with Gasteiger partial charge in [-0.2, -0.15) is 0 Å². The summed E-state index contributed by atoms with van der Waals surface area (Å²) >= 11 is 0. The van der Waals surface area contributed by atoms with Gasteiger partial charge in [-0.25, -0.2) is 0 Å². The third kappa shape index (κ3) is 3.45. The first-order chi connectivity index (χ1) is 8.29. The monoisotopic (exact) mass is 234 g/mol. The molecule has 1 aromatic rings. The molecule has 0 saturated carbocycles. The molecule has 2 atom stereocenters. The van der Waals surface area contributed by atoms with Crippen LogP contribution in [0.1, 0.15) is 37.3 Å². The van der Waals surface area contributed by atoms with Gasteiger partial charge in [0.25, 0.3) is 0 Å². The molecule has 1 fully saturated rings. The zero-order chi connectivity index (χ0) is 12.1. The van der Waals surface area contributed by atoms with Crippen molar-refractivity contribution in [2.24, 2.45) is 5.73 Å². The molecule has 1 aliphatic heterocycles. The van der Waals surface area contributed by atoms with Gasteiger partial charge in [-0.3, -0.25) is 0 Å². The number of methoxy groups -OCH3 is 1. The fraction of sp³-hybridized carbons (Fsp3) is 0.571. The van der Waals surface area contributed by atoms with E-state index in [9.17, 15) is 0 Å². The van der Waals surface area contributed by atoms with E-state index in [1.54, 1.807) is 7.11 Å². The lowest BCUT2D eigenvalue weighted by Gasteiger charge is -2.26. The van der Waals surface area contributed by atoms with Crippen molar-refractivity contribution in [3.05, 3.63) is 29.8 Å². The molecule has 94 valence electrons. The molecule has 3 nitrogen and oxygen atoms in total. The molecule has 3 N–H and O–H groups in total. The number of hydrogen-bond acceptors (Lipinski definition) is 3. The van der Waals surface area contributed by atoms with Gasteiger partial charge in [0.15, 0.2) is 0 Å². The number of nitrogens with two attached hydrogens (primary N) is 1. The summed E-state index contributed by atoms with van der Waals surface area (Å²) in [6.07, 6.45) is 4.87. The fourth-order valence-corrected chi connectivity index (χ4v) is 2.44. The predicted molar refractivity (Wildman–Crippen MR) is 70.2 cm³/mol. The molecule has 1 heterocycles. The van der Waals surface area contributed by atoms with Gasteiger partial charge in [0.05, 0.1) is 7.11 Å². The van der Waals surface area contributed by atoms with Gasteiger partial charge >= 0.3 is 0 Å². The second-order valence-corrected chi connectivity index (χ2v) is 4.77. The van der Waals surface area contributed by atoms with Crippen molar-refractivity contribution >= 4 is 0 Å². The Morgan fingerprint density at radius 1 is 1.47 bits per heavy atom. The number of rotatable bonds is 4. The molecule has 0 bridgehead atoms. The highest BCUT2D eigenvalue weighted by Gasteiger charge is 2.17. The van der Waals surface area contributed by atoms with Crippen LogP contribution in [0, 0.1) is 0 Å². The Morgan fingerprint density at radius 3 is 3.06 bits per heavy atom. The van der Waals surface area contributed by atoms with Gasteiger partial charge in [-0.15, -0.1) is 0 Å². The average Bonchev–Trinajstić information content (AvgIpc) is 2.40. The Labute approximate surface area is 103 Å². The summed E-state index contributed by atoms with van der Waals surface area (Å²) in [6.45, 7) is 1.13. The van der Waals surface area contributed by atoms with Crippen LogP contribution in [0.25, 0.3) is 0 Å². The third-order valence-corrected chi connectivity index (χ3v) is 3.47. The van der Waals surface area contributed by atoms with E-state index < -0.39 is 0 Å². The molecule has 2 rings (SSSR count). The van der Waals surface area contributed by atoms with Crippen LogP contribution in [-0.2, 0) is 0 Å². The Balaban J connectivity index is 1.95. The molecule has 0 spiro atoms. The van der Waals surface area contributed by atoms with E-state index in [0.717, 1.165) is 24.3 Å². The molecule has 0 radical (unpaired) electrons. The largest absolute Gasteiger partial charge is 0.497 e. The Hall–Kier alpha value is -1.06. The van der Waals surface area contributed by atoms with Gasteiger partial charge in [0, 0.05) is 12.1 Å². The van der Waals surface area contributed by atoms with Crippen LogP contribution < -0.4 is 15.8 Å². The van der Waals surface area contributed by atoms with Crippen molar-refractivity contribution in [3.8, 4) is 5.75 Å². The number of nitrogens with one attached hydrogen (secondary N) is 1. The highest BCUT2D eigenvalue weighted by Crippen LogP contribution is 2.23. The van der Waals surface area contributed by atoms with Crippen molar-refractivity contribution in [2.45, 2.75) is 37.8 Å². The van der Waals surface area contributed by atoms with Gasteiger partial charge in [0.1, 0.15) is 5.75 Å². The Morgan fingerprint density at radius 2 is 2.35 bits per heavy atom. The van der Waals surface area contributed by atoms with Crippen LogP contribution in [0.4, 0.5) is 0 Å². The molecular weight excluding hydrogens is 212 g/mol. The Bertz CT molecular complexity index is 348. The van der Waals surface area contributed by atoms with Gasteiger partial charge in [-0.05, 0) is 43.5 Å². The normalized spacial score (nSPS) is 22.1. The molecule has 2 unspecified atom stereocenters. The summed E-state index contributed by atoms with van der Waals surface area (Å²) in [7, 11) is 1.69. The lowest BCUT2D eigenvalue weighted by Crippen LogP contribution is -2.36. The molecule has 0 amide bonds. The summed E-state index contributed by atoms with van der Waals surface area (Å²) < 4.78 is 5.22. The molecule has 0 aliphatic carbocycles. The van der Waals surface area contributed by atoms with E-state index in [1.807, 2.05) is 18.2 Å². The third-order valence-electron chi connectivity index (χ3n) is 3.47. The number of hydrogen-bond donors (Lipinski definition) is 2. The summed E-state index contributed by atoms with van der Waals surface area (Å²) in [6, 6.07) is 8.74. The van der Waals surface area contributed by atoms with E-state index in [4.69, 9.17) is 10.5 Å². The number of piperidine rings is 1. The highest BCUT2D eigenvalue weighted by molar-refractivity contribution is 5.30. The van der Waals surface area contributed by atoms with Gasteiger partial charge in [0.2, 0.25) is 0 Å². The summed E-state index contributed by atoms with van der Waals surface area (Å²) in [5.74, 6) is 0.884. The van der Waals surface area contributed by atoms with Crippen molar-refractivity contribution in [3.63, 3.8) is 0 Å². The van der Waals surface area contributed by atoms with Gasteiger partial charge in [-0.1, -0.05) is 18.6 Å². The summed E-state index contributed by atoms with van der Waals surface area (Å²) in [5.41, 5.74) is 7.42. The van der Waals surface area contributed by atoms with E-state index >= 15 is 0 Å². The standard InChI is InChI=1S/C14H22N2O/c1-17-13-7-4-5-11(9-13)14(15)10-12-6-2-3-8-16-12/h4-5,7,9,12,14,16H,2-3,6,8,10,15H2,1H3. The molecule has 0 aromatic heterocycles. The molecule has 1 aromatic carbocycles. The molecule has 1 saturated heterocycles. The lowest BCUT2D eigenvalue weighted by molar-refractivity contribution is 0.361. The zero-order valence-electron chi connectivity index (χ0n) is 10.5. The molecule has 3 heteroatoms. The van der Waals surface area contributed by atoms with Crippen LogP contribution in [-0.4, -0.2) is 19.7 Å². The highest BCUT2D eigenvalue weighted by atomic mass is 16.5. The van der Waals surface area contributed by atoms with E-state index in [1.165, 1.54) is 19.3 Å². The maximum atomic E-state index is 6.25. The van der Waals surface area contributed by atoms with Crippen LogP contribution in [0.5, 0.6) is 5.75 Å². The zero-order valence-corrected chi connectivity index (χ0v) is 10.5. The average molecular weight is 234 g/mol. The predicted octanol–water partition coefficient (Wildman–Crippen LogP) is 2.23. The Kier molecular flexibility index (Phi) is 4.40. The SMILES string of the molecule is COc1cccc(C(N)CC2CCCCN2)c1. The number of benzene rings is 1. The first-order valence-corrected chi connectivity index (χ1v) is 6.42. The first-order valence-electron chi connectivity index (χ1n) is 6.42. The lowest BCUT2D eigenvalue weighted by atomic mass is 9.94. The summed E-state index contributed by atoms with van der Waals surface area (Å²) in [4.78, 5) is 0. The smallest absolute Gasteiger partial charge is 0.119 e. The van der Waals surface area contributed by atoms with Crippen molar-refractivity contribution in [1.82, 2.24) is 5.32 Å². The van der Waals surface area contributed by atoms with Crippen molar-refractivity contribution in [1.29, 1.82) is 0 Å². The minimum atomic E-state index is 0.0979. The van der Waals surface area contributed by atoms with Crippen molar-refractivity contribution < 1.29 is 4.74 Å². The van der Waals surface area contributed by atoms with Gasteiger partial charge < -0.3 is 15.8 Å². The topological polar surface area (TPSA) is 47.3 Å². The van der Waals surface area contributed by atoms with E-state index in [-0.39, 0.29) is 6.04 Å². The van der Waals surface area contributed by atoms with Crippen molar-refractivity contribution in [2.75, 3.05) is 13.7 Å². The second kappa shape index (κ2) is 6.03. The quantitative estimate of drug-likeness (QED) is 0.840.